The van der Waals surface area contributed by atoms with Crippen LogP contribution in [-0.2, 0) is 9.59 Å². The minimum Gasteiger partial charge on any atom is -0.465 e. The number of carbonyl (C=O) groups excluding carboxylic acids is 2. The number of carbonyl (C=O) groups is 3. The molecule has 0 aliphatic rings. The molecule has 17 heavy (non-hydrogen) atoms. The van der Waals surface area contributed by atoms with Gasteiger partial charge in [-0.2, -0.15) is 0 Å². The monoisotopic (exact) mass is 245 g/mol. The molecule has 3 amide bonds. The third kappa shape index (κ3) is 8.06. The van der Waals surface area contributed by atoms with E-state index in [0.29, 0.717) is 25.8 Å². The first-order valence-electron chi connectivity index (χ1n) is 5.43. The van der Waals surface area contributed by atoms with Crippen LogP contribution in [0, 0.1) is 0 Å². The maximum absolute atomic E-state index is 11.3. The molecule has 0 heterocycles. The average molecular weight is 245 g/mol. The van der Waals surface area contributed by atoms with Gasteiger partial charge >= 0.3 is 6.09 Å². The van der Waals surface area contributed by atoms with Crippen molar-refractivity contribution in [3.05, 3.63) is 0 Å². The summed E-state index contributed by atoms with van der Waals surface area (Å²) in [6.07, 6.45) is 0.541. The summed E-state index contributed by atoms with van der Waals surface area (Å²) < 4.78 is 0. The predicted molar refractivity (Wildman–Crippen MR) is 61.5 cm³/mol. The summed E-state index contributed by atoms with van der Waals surface area (Å²) in [7, 11) is 1.45. The van der Waals surface area contributed by atoms with Crippen molar-refractivity contribution in [3.63, 3.8) is 0 Å². The Morgan fingerprint density at radius 2 is 1.88 bits per heavy atom. The lowest BCUT2D eigenvalue weighted by Gasteiger charge is -2.14. The fourth-order valence-corrected chi connectivity index (χ4v) is 1.33. The molecule has 0 rings (SSSR count). The van der Waals surface area contributed by atoms with Gasteiger partial charge in [0.05, 0.1) is 0 Å². The molecule has 0 bridgehead atoms. The van der Waals surface area contributed by atoms with E-state index in [1.54, 1.807) is 0 Å². The fraction of sp³-hybridized carbons (Fsp3) is 0.700. The number of unbranched alkanes of at least 4 members (excludes halogenated alkanes) is 1. The molecule has 0 aliphatic heterocycles. The van der Waals surface area contributed by atoms with Gasteiger partial charge in [0.15, 0.2) is 0 Å². The topological polar surface area (TPSA) is 108 Å². The highest BCUT2D eigenvalue weighted by Gasteiger charge is 2.18. The van der Waals surface area contributed by atoms with Crippen LogP contribution in [0.1, 0.15) is 26.2 Å². The molecule has 0 saturated carbocycles. The van der Waals surface area contributed by atoms with E-state index in [9.17, 15) is 14.4 Å². The van der Waals surface area contributed by atoms with E-state index in [1.807, 2.05) is 0 Å². The van der Waals surface area contributed by atoms with Crippen LogP contribution in [0.15, 0.2) is 0 Å². The number of hydrogen-bond acceptors (Lipinski definition) is 3. The number of rotatable bonds is 7. The Kier molecular flexibility index (Phi) is 7.49. The van der Waals surface area contributed by atoms with Crippen molar-refractivity contribution >= 4 is 17.9 Å². The molecule has 4 N–H and O–H groups in total. The van der Waals surface area contributed by atoms with Gasteiger partial charge in [0.2, 0.25) is 11.8 Å². The fourth-order valence-electron chi connectivity index (χ4n) is 1.33. The van der Waals surface area contributed by atoms with Crippen molar-refractivity contribution in [2.24, 2.45) is 0 Å². The average Bonchev–Trinajstić information content (AvgIpc) is 2.25. The van der Waals surface area contributed by atoms with Crippen LogP contribution in [0.4, 0.5) is 4.79 Å². The van der Waals surface area contributed by atoms with E-state index >= 15 is 0 Å². The first-order valence-corrected chi connectivity index (χ1v) is 5.43. The van der Waals surface area contributed by atoms with E-state index in [1.165, 1.54) is 14.0 Å². The summed E-state index contributed by atoms with van der Waals surface area (Å²) in [5.41, 5.74) is 0. The second-order valence-corrected chi connectivity index (χ2v) is 3.60. The van der Waals surface area contributed by atoms with Gasteiger partial charge in [-0.05, 0) is 19.3 Å². The minimum absolute atomic E-state index is 0.100. The molecule has 0 spiro atoms. The summed E-state index contributed by atoms with van der Waals surface area (Å²) in [5, 5.41) is 15.7. The Morgan fingerprint density at radius 1 is 1.24 bits per heavy atom. The molecule has 0 aromatic rings. The number of amides is 3. The van der Waals surface area contributed by atoms with Crippen molar-refractivity contribution in [3.8, 4) is 0 Å². The van der Waals surface area contributed by atoms with Crippen LogP contribution < -0.4 is 16.0 Å². The molecule has 1 unspecified atom stereocenters. The van der Waals surface area contributed by atoms with Gasteiger partial charge in [0.25, 0.3) is 0 Å². The zero-order valence-electron chi connectivity index (χ0n) is 10.1. The molecule has 1 atom stereocenters. The highest BCUT2D eigenvalue weighted by atomic mass is 16.4. The lowest BCUT2D eigenvalue weighted by Crippen LogP contribution is -2.45. The molecule has 0 saturated heterocycles. The van der Waals surface area contributed by atoms with Gasteiger partial charge in [-0.15, -0.1) is 0 Å². The van der Waals surface area contributed by atoms with Crippen LogP contribution >= 0.6 is 0 Å². The normalized spacial score (nSPS) is 11.4. The summed E-state index contributed by atoms with van der Waals surface area (Å²) in [5.74, 6) is -0.455. The third-order valence-corrected chi connectivity index (χ3v) is 2.15. The van der Waals surface area contributed by atoms with Gasteiger partial charge in [-0.3, -0.25) is 9.59 Å². The number of hydrogen-bond donors (Lipinski definition) is 4. The highest BCUT2D eigenvalue weighted by Crippen LogP contribution is 2.01. The van der Waals surface area contributed by atoms with Crippen LogP contribution in [0.2, 0.25) is 0 Å². The Hall–Kier alpha value is -1.79. The largest absolute Gasteiger partial charge is 0.465 e. The molecule has 0 radical (unpaired) electrons. The SMILES string of the molecule is CNC(=O)C(CCCCNC(C)=O)NC(=O)O. The quantitative estimate of drug-likeness (QED) is 0.461. The predicted octanol–water partition coefficient (Wildman–Crippen LogP) is -0.325. The molecule has 98 valence electrons. The number of nitrogens with one attached hydrogen (secondary N) is 3. The Balaban J connectivity index is 3.87. The molecular weight excluding hydrogens is 226 g/mol. The van der Waals surface area contributed by atoms with Gasteiger partial charge < -0.3 is 21.1 Å². The number of carboxylic acid groups (broad SMARTS) is 1. The van der Waals surface area contributed by atoms with Crippen molar-refractivity contribution in [2.45, 2.75) is 32.2 Å². The standard InChI is InChI=1S/C10H19N3O4/c1-7(14)12-6-4-3-5-8(9(15)11-2)13-10(16)17/h8,13H,3-6H2,1-2H3,(H,11,15)(H,12,14)(H,16,17). The summed E-state index contributed by atoms with van der Waals surface area (Å²) in [6, 6.07) is -0.741. The molecule has 0 fully saturated rings. The molecule has 0 aromatic carbocycles. The maximum Gasteiger partial charge on any atom is 0.405 e. The molecule has 7 nitrogen and oxygen atoms in total. The first kappa shape index (κ1) is 15.2. The Bertz CT molecular complexity index is 281. The van der Waals surface area contributed by atoms with Gasteiger partial charge in [-0.1, -0.05) is 0 Å². The van der Waals surface area contributed by atoms with Gasteiger partial charge in [0.1, 0.15) is 6.04 Å². The molecule has 0 aliphatic carbocycles. The van der Waals surface area contributed by atoms with E-state index in [0.717, 1.165) is 0 Å². The van der Waals surface area contributed by atoms with E-state index < -0.39 is 12.1 Å². The Morgan fingerprint density at radius 3 is 2.35 bits per heavy atom. The van der Waals surface area contributed by atoms with Crippen molar-refractivity contribution in [1.82, 2.24) is 16.0 Å². The van der Waals surface area contributed by atoms with E-state index in [-0.39, 0.29) is 11.8 Å². The maximum atomic E-state index is 11.3. The lowest BCUT2D eigenvalue weighted by atomic mass is 10.1. The van der Waals surface area contributed by atoms with Crippen LogP contribution in [-0.4, -0.2) is 42.6 Å². The van der Waals surface area contributed by atoms with Gasteiger partial charge in [0, 0.05) is 20.5 Å². The number of likely N-dealkylation sites (N-methyl/N-ethyl adjacent to an activating group) is 1. The van der Waals surface area contributed by atoms with Crippen LogP contribution in [0.25, 0.3) is 0 Å². The third-order valence-electron chi connectivity index (χ3n) is 2.15. The zero-order chi connectivity index (χ0) is 13.3. The van der Waals surface area contributed by atoms with Crippen molar-refractivity contribution in [2.75, 3.05) is 13.6 Å². The summed E-state index contributed by atoms with van der Waals surface area (Å²) in [4.78, 5) is 32.3. The molecule has 7 heteroatoms. The van der Waals surface area contributed by atoms with Gasteiger partial charge in [-0.25, -0.2) is 4.79 Å². The zero-order valence-corrected chi connectivity index (χ0v) is 10.1. The Labute approximate surface area is 100.0 Å². The van der Waals surface area contributed by atoms with Crippen molar-refractivity contribution < 1.29 is 19.5 Å². The lowest BCUT2D eigenvalue weighted by molar-refractivity contribution is -0.123. The van der Waals surface area contributed by atoms with E-state index in [2.05, 4.69) is 16.0 Å². The van der Waals surface area contributed by atoms with E-state index in [4.69, 9.17) is 5.11 Å². The smallest absolute Gasteiger partial charge is 0.405 e. The van der Waals surface area contributed by atoms with Crippen molar-refractivity contribution in [1.29, 1.82) is 0 Å². The van der Waals surface area contributed by atoms with Crippen LogP contribution in [0.3, 0.4) is 0 Å². The van der Waals surface area contributed by atoms with Crippen LogP contribution in [0.5, 0.6) is 0 Å². The highest BCUT2D eigenvalue weighted by molar-refractivity contribution is 5.84. The molecular formula is C10H19N3O4. The second kappa shape index (κ2) is 8.37. The molecule has 0 aromatic heterocycles. The minimum atomic E-state index is -1.22. The first-order chi connectivity index (χ1) is 7.97. The summed E-state index contributed by atoms with van der Waals surface area (Å²) >= 11 is 0. The summed E-state index contributed by atoms with van der Waals surface area (Å²) in [6.45, 7) is 1.96. The second-order valence-electron chi connectivity index (χ2n) is 3.60.